The number of nitrogens with zero attached hydrogens (tertiary/aromatic N) is 1. The maximum absolute atomic E-state index is 12.9. The van der Waals surface area contributed by atoms with Crippen molar-refractivity contribution in [1.82, 2.24) is 4.90 Å². The zero-order valence-corrected chi connectivity index (χ0v) is 17.4. The minimum atomic E-state index is -0.221. The van der Waals surface area contributed by atoms with Gasteiger partial charge in [0.1, 0.15) is 0 Å². The smallest absolute Gasteiger partial charge is 0.265 e. The maximum Gasteiger partial charge on any atom is 0.265 e. The van der Waals surface area contributed by atoms with Crippen molar-refractivity contribution in [2.24, 2.45) is 0 Å². The van der Waals surface area contributed by atoms with Crippen molar-refractivity contribution in [3.63, 3.8) is 0 Å². The van der Waals surface area contributed by atoms with Gasteiger partial charge in [-0.3, -0.25) is 9.59 Å². The van der Waals surface area contributed by atoms with E-state index in [2.05, 4.69) is 21.6 Å². The second-order valence-electron chi connectivity index (χ2n) is 6.55. The van der Waals surface area contributed by atoms with Gasteiger partial charge in [0, 0.05) is 40.1 Å². The quantitative estimate of drug-likeness (QED) is 0.615. The van der Waals surface area contributed by atoms with Crippen LogP contribution >= 0.6 is 22.9 Å². The van der Waals surface area contributed by atoms with Crippen LogP contribution in [0.25, 0.3) is 0 Å². The molecule has 4 rings (SSSR count). The van der Waals surface area contributed by atoms with Crippen LogP contribution in [0.2, 0.25) is 4.34 Å². The van der Waals surface area contributed by atoms with Crippen molar-refractivity contribution in [3.05, 3.63) is 86.1 Å². The van der Waals surface area contributed by atoms with Crippen LogP contribution in [0.3, 0.4) is 0 Å². The maximum atomic E-state index is 12.9. The first-order chi connectivity index (χ1) is 13.5. The Morgan fingerprint density at radius 2 is 1.93 bits per heavy atom. The molecule has 1 aliphatic heterocycles. The number of hydrogen-bond donors (Lipinski definition) is 1. The van der Waals surface area contributed by atoms with E-state index in [4.69, 9.17) is 11.6 Å². The number of benzene rings is 2. The van der Waals surface area contributed by atoms with Crippen molar-refractivity contribution in [2.45, 2.75) is 19.1 Å². The van der Waals surface area contributed by atoms with E-state index < -0.39 is 0 Å². The molecule has 0 unspecified atom stereocenters. The second-order valence-corrected chi connectivity index (χ2v) is 8.62. The highest BCUT2D eigenvalue weighted by Gasteiger charge is 2.29. The summed E-state index contributed by atoms with van der Waals surface area (Å²) in [4.78, 5) is 27.7. The normalized spacial score (nSPS) is 12.9. The minimum Gasteiger partial charge on any atom is -0.330 e. The number of anilines is 1. The van der Waals surface area contributed by atoms with Crippen LogP contribution in [0.1, 0.15) is 36.7 Å². The Balaban J connectivity index is 1.55. The SMILES string of the molecule is O=C(Nc1cccc2c1CN(Cc1cccc(C[Si])c1)C2=O)c1ccc(Cl)s1. The summed E-state index contributed by atoms with van der Waals surface area (Å²) in [6, 6.07) is 17.7. The van der Waals surface area contributed by atoms with Crippen LogP contribution in [-0.4, -0.2) is 27.0 Å². The van der Waals surface area contributed by atoms with Crippen LogP contribution < -0.4 is 5.32 Å². The van der Waals surface area contributed by atoms with Gasteiger partial charge in [-0.1, -0.05) is 47.5 Å². The molecule has 0 atom stereocenters. The summed E-state index contributed by atoms with van der Waals surface area (Å²) in [6.07, 6.45) is 0. The monoisotopic (exact) mass is 423 g/mol. The largest absolute Gasteiger partial charge is 0.330 e. The third-order valence-corrected chi connectivity index (χ3v) is 6.29. The van der Waals surface area contributed by atoms with Gasteiger partial charge in [-0.05, 0) is 35.9 Å². The van der Waals surface area contributed by atoms with Crippen LogP contribution in [0, 0.1) is 0 Å². The van der Waals surface area contributed by atoms with Gasteiger partial charge in [0.05, 0.1) is 9.21 Å². The van der Waals surface area contributed by atoms with Crippen LogP contribution in [0.15, 0.2) is 54.6 Å². The molecule has 0 aliphatic carbocycles. The Morgan fingerprint density at radius 1 is 1.14 bits per heavy atom. The molecule has 0 spiro atoms. The summed E-state index contributed by atoms with van der Waals surface area (Å²) in [6.45, 7) is 0.995. The molecule has 2 heterocycles. The predicted octanol–water partition coefficient (Wildman–Crippen LogP) is 4.48. The first-order valence-electron chi connectivity index (χ1n) is 8.75. The highest BCUT2D eigenvalue weighted by molar-refractivity contribution is 7.18. The molecule has 7 heteroatoms. The van der Waals surface area contributed by atoms with Crippen molar-refractivity contribution < 1.29 is 9.59 Å². The number of halogens is 1. The van der Waals surface area contributed by atoms with Gasteiger partial charge < -0.3 is 10.2 Å². The van der Waals surface area contributed by atoms with E-state index in [0.717, 1.165) is 17.2 Å². The Kier molecular flexibility index (Phi) is 5.35. The Labute approximate surface area is 175 Å². The van der Waals surface area contributed by atoms with Crippen molar-refractivity contribution in [2.75, 3.05) is 5.32 Å². The highest BCUT2D eigenvalue weighted by Crippen LogP contribution is 2.31. The first-order valence-corrected chi connectivity index (χ1v) is 10.7. The van der Waals surface area contributed by atoms with E-state index in [9.17, 15) is 9.59 Å². The van der Waals surface area contributed by atoms with Gasteiger partial charge in [0.25, 0.3) is 11.8 Å². The summed E-state index contributed by atoms with van der Waals surface area (Å²) < 4.78 is 0.565. The number of carbonyl (C=O) groups is 2. The van der Waals surface area contributed by atoms with E-state index >= 15 is 0 Å². The lowest BCUT2D eigenvalue weighted by molar-refractivity contribution is 0.0766. The average molecular weight is 424 g/mol. The zero-order valence-electron chi connectivity index (χ0n) is 14.9. The fourth-order valence-corrected chi connectivity index (χ4v) is 4.47. The Hall–Kier alpha value is -2.41. The summed E-state index contributed by atoms with van der Waals surface area (Å²) >= 11 is 7.15. The van der Waals surface area contributed by atoms with Gasteiger partial charge in [-0.25, -0.2) is 0 Å². The molecule has 0 saturated heterocycles. The molecule has 139 valence electrons. The number of fused-ring (bicyclic) bond motifs is 1. The van der Waals surface area contributed by atoms with Crippen molar-refractivity contribution >= 4 is 50.7 Å². The highest BCUT2D eigenvalue weighted by atomic mass is 35.5. The van der Waals surface area contributed by atoms with E-state index in [-0.39, 0.29) is 11.8 Å². The lowest BCUT2D eigenvalue weighted by Crippen LogP contribution is -2.23. The second kappa shape index (κ2) is 7.91. The summed E-state index contributed by atoms with van der Waals surface area (Å²) in [5.74, 6) is -0.241. The number of rotatable bonds is 5. The molecule has 4 nitrogen and oxygen atoms in total. The average Bonchev–Trinajstić information content (AvgIpc) is 3.27. The minimum absolute atomic E-state index is 0.0194. The van der Waals surface area contributed by atoms with Gasteiger partial charge >= 0.3 is 0 Å². The fraction of sp³-hybridized carbons (Fsp3) is 0.143. The molecular formula is C21H16ClN2O2SSi. The molecule has 1 aromatic heterocycles. The summed E-state index contributed by atoms with van der Waals surface area (Å²) in [5, 5.41) is 2.92. The van der Waals surface area contributed by atoms with Gasteiger partial charge in [-0.2, -0.15) is 0 Å². The van der Waals surface area contributed by atoms with E-state index in [1.807, 2.05) is 30.3 Å². The molecule has 3 aromatic rings. The first kappa shape index (κ1) is 18.9. The van der Waals surface area contributed by atoms with Crippen LogP contribution in [-0.2, 0) is 19.1 Å². The number of amides is 2. The third kappa shape index (κ3) is 3.76. The number of nitrogens with one attached hydrogen (secondary N) is 1. The molecule has 1 N–H and O–H groups in total. The number of thiophene rings is 1. The van der Waals surface area contributed by atoms with Crippen LogP contribution in [0.5, 0.6) is 0 Å². The molecular weight excluding hydrogens is 408 g/mol. The molecule has 28 heavy (non-hydrogen) atoms. The predicted molar refractivity (Wildman–Crippen MR) is 113 cm³/mol. The lowest BCUT2D eigenvalue weighted by Gasteiger charge is -2.16. The van der Waals surface area contributed by atoms with Gasteiger partial charge in [0.2, 0.25) is 0 Å². The van der Waals surface area contributed by atoms with E-state index in [1.54, 1.807) is 23.1 Å². The topological polar surface area (TPSA) is 49.4 Å². The molecule has 3 radical (unpaired) electrons. The molecule has 0 saturated carbocycles. The Morgan fingerprint density at radius 3 is 2.68 bits per heavy atom. The van der Waals surface area contributed by atoms with E-state index in [0.29, 0.717) is 33.6 Å². The Bertz CT molecular complexity index is 1070. The third-order valence-electron chi connectivity index (χ3n) is 4.66. The van der Waals surface area contributed by atoms with Crippen molar-refractivity contribution in [3.8, 4) is 0 Å². The van der Waals surface area contributed by atoms with Crippen LogP contribution in [0.4, 0.5) is 5.69 Å². The van der Waals surface area contributed by atoms with Crippen molar-refractivity contribution in [1.29, 1.82) is 0 Å². The fourth-order valence-electron chi connectivity index (χ4n) is 3.31. The summed E-state index contributed by atoms with van der Waals surface area (Å²) in [7, 11) is 3.51. The molecule has 2 amide bonds. The summed E-state index contributed by atoms with van der Waals surface area (Å²) in [5.41, 5.74) is 4.39. The lowest BCUT2D eigenvalue weighted by atomic mass is 10.1. The number of hydrogen-bond acceptors (Lipinski definition) is 3. The molecule has 1 aliphatic rings. The zero-order chi connectivity index (χ0) is 19.7. The van der Waals surface area contributed by atoms with Gasteiger partial charge in [0.15, 0.2) is 0 Å². The standard InChI is InChI=1S/C21H16ClN2O2SSi/c22-19-8-7-18(27-19)20(25)23-17-6-2-5-15-16(17)11-24(21(15)26)10-13-3-1-4-14(9-13)12-28/h1-9H,10-12H2,(H,23,25). The van der Waals surface area contributed by atoms with Gasteiger partial charge in [-0.15, -0.1) is 11.3 Å². The molecule has 0 bridgehead atoms. The number of carbonyl (C=O) groups excluding carboxylic acids is 2. The molecule has 2 aromatic carbocycles. The van der Waals surface area contributed by atoms with E-state index in [1.165, 1.54) is 16.9 Å². The molecule has 0 fully saturated rings.